The third-order valence-electron chi connectivity index (χ3n) is 2.67. The van der Waals surface area contributed by atoms with Crippen LogP contribution in [0.2, 0.25) is 5.15 Å². The summed E-state index contributed by atoms with van der Waals surface area (Å²) in [7, 11) is 0. The average Bonchev–Trinajstić information content (AvgIpc) is 2.42. The van der Waals surface area contributed by atoms with E-state index in [4.69, 9.17) is 23.8 Å². The van der Waals surface area contributed by atoms with Crippen LogP contribution < -0.4 is 5.32 Å². The zero-order chi connectivity index (χ0) is 15.6. The monoisotopic (exact) mass is 433 g/mol. The second-order valence-electron chi connectivity index (χ2n) is 4.02. The van der Waals surface area contributed by atoms with Gasteiger partial charge in [-0.1, -0.05) is 17.7 Å². The lowest BCUT2D eigenvalue weighted by Crippen LogP contribution is -2.53. The minimum atomic E-state index is -0.555. The van der Waals surface area contributed by atoms with Crippen molar-refractivity contribution in [2.45, 2.75) is 0 Å². The molecule has 1 saturated heterocycles. The summed E-state index contributed by atoms with van der Waals surface area (Å²) in [6.45, 7) is 3.78. The van der Waals surface area contributed by atoms with Gasteiger partial charge < -0.3 is 0 Å². The number of nitrogens with zero attached hydrogens (tertiary/aromatic N) is 2. The van der Waals surface area contributed by atoms with Crippen molar-refractivity contribution in [3.05, 3.63) is 44.8 Å². The van der Waals surface area contributed by atoms with Gasteiger partial charge in [-0.2, -0.15) is 0 Å². The number of hydrogen-bond donors (Lipinski definition) is 1. The standard InChI is InChI=1S/C13H9ClIN3O2S/c1-2-5-18-12(20)8(11(19)17-13(18)21)6-7-9(15)3-4-16-10(7)14/h2-4,6H,1,5H2,(H,17,19,21)/b8-6+. The van der Waals surface area contributed by atoms with Gasteiger partial charge >= 0.3 is 0 Å². The second-order valence-corrected chi connectivity index (χ2v) is 5.93. The highest BCUT2D eigenvalue weighted by Gasteiger charge is 2.32. The predicted molar refractivity (Wildman–Crippen MR) is 92.6 cm³/mol. The molecule has 0 unspecified atom stereocenters. The zero-order valence-electron chi connectivity index (χ0n) is 10.6. The molecule has 8 heteroatoms. The van der Waals surface area contributed by atoms with Gasteiger partial charge in [0.2, 0.25) is 0 Å². The van der Waals surface area contributed by atoms with Crippen molar-refractivity contribution in [2.75, 3.05) is 6.54 Å². The summed E-state index contributed by atoms with van der Waals surface area (Å²) in [5.41, 5.74) is 0.475. The number of carbonyl (C=O) groups is 2. The molecule has 1 aliphatic rings. The highest BCUT2D eigenvalue weighted by Crippen LogP contribution is 2.23. The van der Waals surface area contributed by atoms with E-state index in [-0.39, 0.29) is 22.4 Å². The Morgan fingerprint density at radius 1 is 1.52 bits per heavy atom. The average molecular weight is 434 g/mol. The van der Waals surface area contributed by atoms with Gasteiger partial charge in [0.25, 0.3) is 11.8 Å². The van der Waals surface area contributed by atoms with Crippen molar-refractivity contribution in [3.63, 3.8) is 0 Å². The summed E-state index contributed by atoms with van der Waals surface area (Å²) < 4.78 is 0.782. The van der Waals surface area contributed by atoms with Crippen molar-refractivity contribution in [2.24, 2.45) is 0 Å². The fraction of sp³-hybridized carbons (Fsp3) is 0.0769. The Hall–Kier alpha value is -1.32. The van der Waals surface area contributed by atoms with Crippen LogP contribution in [0.5, 0.6) is 0 Å². The number of aromatic nitrogens is 1. The maximum absolute atomic E-state index is 12.4. The molecule has 0 aliphatic carbocycles. The SMILES string of the molecule is C=CCN1C(=O)/C(=C/c2c(I)ccnc2Cl)C(=O)NC1=S. The van der Waals surface area contributed by atoms with E-state index in [0.29, 0.717) is 5.56 Å². The first-order valence-electron chi connectivity index (χ1n) is 5.75. The van der Waals surface area contributed by atoms with Crippen molar-refractivity contribution < 1.29 is 9.59 Å². The topological polar surface area (TPSA) is 62.3 Å². The maximum atomic E-state index is 12.4. The van der Waals surface area contributed by atoms with Crippen LogP contribution in [-0.2, 0) is 9.59 Å². The van der Waals surface area contributed by atoms with Gasteiger partial charge in [-0.3, -0.25) is 19.8 Å². The molecule has 21 heavy (non-hydrogen) atoms. The molecule has 5 nitrogen and oxygen atoms in total. The predicted octanol–water partition coefficient (Wildman–Crippen LogP) is 2.15. The molecule has 1 aliphatic heterocycles. The summed E-state index contributed by atoms with van der Waals surface area (Å²) in [6, 6.07) is 1.73. The number of pyridine rings is 1. The van der Waals surface area contributed by atoms with Gasteiger partial charge in [0.1, 0.15) is 10.7 Å². The van der Waals surface area contributed by atoms with Crippen LogP contribution in [0.25, 0.3) is 6.08 Å². The van der Waals surface area contributed by atoms with Crippen LogP contribution >= 0.6 is 46.4 Å². The molecule has 108 valence electrons. The van der Waals surface area contributed by atoms with E-state index in [9.17, 15) is 9.59 Å². The molecule has 2 heterocycles. The molecule has 1 fully saturated rings. The number of halogens is 2. The molecule has 1 aromatic heterocycles. The van der Waals surface area contributed by atoms with E-state index in [1.165, 1.54) is 17.1 Å². The fourth-order valence-electron chi connectivity index (χ4n) is 1.69. The second kappa shape index (κ2) is 6.63. The van der Waals surface area contributed by atoms with Crippen LogP contribution in [0, 0.1) is 3.57 Å². The molecule has 1 aromatic rings. The molecule has 2 amide bonds. The minimum Gasteiger partial charge on any atom is -0.298 e. The molecule has 1 N–H and O–H groups in total. The maximum Gasteiger partial charge on any atom is 0.265 e. The molecule has 0 saturated carbocycles. The fourth-order valence-corrected chi connectivity index (χ4v) is 2.88. The summed E-state index contributed by atoms with van der Waals surface area (Å²) in [4.78, 5) is 29.5. The third-order valence-corrected chi connectivity index (χ3v) is 4.24. The Bertz CT molecular complexity index is 670. The van der Waals surface area contributed by atoms with Crippen LogP contribution in [0.3, 0.4) is 0 Å². The molecule has 2 rings (SSSR count). The number of hydrogen-bond acceptors (Lipinski definition) is 4. The molecule has 0 bridgehead atoms. The lowest BCUT2D eigenvalue weighted by molar-refractivity contribution is -0.128. The molecule has 0 atom stereocenters. The quantitative estimate of drug-likeness (QED) is 0.198. The van der Waals surface area contributed by atoms with Crippen molar-refractivity contribution in [1.29, 1.82) is 0 Å². The van der Waals surface area contributed by atoms with E-state index in [2.05, 4.69) is 39.5 Å². The highest BCUT2D eigenvalue weighted by atomic mass is 127. The third kappa shape index (κ3) is 3.30. The molecule has 0 spiro atoms. The first-order chi connectivity index (χ1) is 9.95. The van der Waals surface area contributed by atoms with Crippen LogP contribution in [0.1, 0.15) is 5.56 Å². The summed E-state index contributed by atoms with van der Waals surface area (Å²) in [6.07, 6.45) is 4.50. The van der Waals surface area contributed by atoms with E-state index in [0.717, 1.165) is 3.57 Å². The van der Waals surface area contributed by atoms with Crippen molar-refractivity contribution in [1.82, 2.24) is 15.2 Å². The molecular weight excluding hydrogens is 425 g/mol. The van der Waals surface area contributed by atoms with Gasteiger partial charge in [0, 0.05) is 21.9 Å². The lowest BCUT2D eigenvalue weighted by Gasteiger charge is -2.27. The number of rotatable bonds is 3. The van der Waals surface area contributed by atoms with Crippen LogP contribution in [0.15, 0.2) is 30.5 Å². The Labute approximate surface area is 145 Å². The summed E-state index contributed by atoms with van der Waals surface area (Å²) >= 11 is 13.0. The van der Waals surface area contributed by atoms with E-state index in [1.807, 2.05) is 0 Å². The highest BCUT2D eigenvalue weighted by molar-refractivity contribution is 14.1. The molecule has 0 aromatic carbocycles. The van der Waals surface area contributed by atoms with E-state index < -0.39 is 11.8 Å². The Balaban J connectivity index is 2.48. The molecular formula is C13H9ClIN3O2S. The minimum absolute atomic E-state index is 0.0433. The number of thiocarbonyl (C=S) groups is 1. The van der Waals surface area contributed by atoms with Crippen molar-refractivity contribution in [3.8, 4) is 0 Å². The van der Waals surface area contributed by atoms with Gasteiger partial charge in [-0.15, -0.1) is 6.58 Å². The van der Waals surface area contributed by atoms with Gasteiger partial charge in [0.05, 0.1) is 0 Å². The Morgan fingerprint density at radius 2 is 2.24 bits per heavy atom. The first-order valence-corrected chi connectivity index (χ1v) is 7.62. The number of carbonyl (C=O) groups excluding carboxylic acids is 2. The van der Waals surface area contributed by atoms with Gasteiger partial charge in [0.15, 0.2) is 5.11 Å². The number of nitrogens with one attached hydrogen (secondary N) is 1. The Morgan fingerprint density at radius 3 is 2.86 bits per heavy atom. The lowest BCUT2D eigenvalue weighted by atomic mass is 10.1. The molecule has 0 radical (unpaired) electrons. The van der Waals surface area contributed by atoms with Crippen LogP contribution in [0.4, 0.5) is 0 Å². The summed E-state index contributed by atoms with van der Waals surface area (Å²) in [5, 5.41) is 2.75. The normalized spacial score (nSPS) is 17.1. The number of amides is 2. The zero-order valence-corrected chi connectivity index (χ0v) is 14.3. The smallest absolute Gasteiger partial charge is 0.265 e. The van der Waals surface area contributed by atoms with E-state index in [1.54, 1.807) is 12.3 Å². The largest absolute Gasteiger partial charge is 0.298 e. The van der Waals surface area contributed by atoms with Gasteiger partial charge in [-0.25, -0.2) is 4.98 Å². The first kappa shape index (κ1) is 16.1. The van der Waals surface area contributed by atoms with E-state index >= 15 is 0 Å². The summed E-state index contributed by atoms with van der Waals surface area (Å²) in [5.74, 6) is -1.04. The van der Waals surface area contributed by atoms with Crippen molar-refractivity contribution >= 4 is 69.4 Å². The van der Waals surface area contributed by atoms with Crippen LogP contribution in [-0.4, -0.2) is 33.4 Å². The Kier molecular flexibility index (Phi) is 5.07. The van der Waals surface area contributed by atoms with Gasteiger partial charge in [-0.05, 0) is 47.0 Å².